The van der Waals surface area contributed by atoms with E-state index in [1.54, 1.807) is 23.5 Å². The molecule has 0 fully saturated rings. The van der Waals surface area contributed by atoms with Gasteiger partial charge in [-0.15, -0.1) is 11.3 Å². The molecule has 0 radical (unpaired) electrons. The van der Waals surface area contributed by atoms with Crippen molar-refractivity contribution in [3.05, 3.63) is 88.6 Å². The van der Waals surface area contributed by atoms with Crippen molar-refractivity contribution in [1.82, 2.24) is 0 Å². The molecular weight excluding hydrogens is 400 g/mol. The van der Waals surface area contributed by atoms with Crippen molar-refractivity contribution in [1.29, 1.82) is 0 Å². The molecule has 0 atom stereocenters. The molecule has 5 rings (SSSR count). The van der Waals surface area contributed by atoms with Gasteiger partial charge in [0.1, 0.15) is 0 Å². The number of nitrogens with one attached hydrogen (secondary N) is 1. The van der Waals surface area contributed by atoms with Crippen LogP contribution >= 0.6 is 11.3 Å². The van der Waals surface area contributed by atoms with Crippen molar-refractivity contribution < 1.29 is 8.42 Å². The van der Waals surface area contributed by atoms with Crippen LogP contribution in [-0.4, -0.2) is 15.0 Å². The highest BCUT2D eigenvalue weighted by atomic mass is 32.2. The van der Waals surface area contributed by atoms with Crippen LogP contribution in [-0.2, 0) is 23.0 Å². The first-order valence-corrected chi connectivity index (χ1v) is 11.9. The molecule has 3 aromatic carbocycles. The lowest BCUT2D eigenvalue weighted by atomic mass is 10.1. The van der Waals surface area contributed by atoms with E-state index in [-0.39, 0.29) is 4.90 Å². The molecule has 0 bridgehead atoms. The van der Waals surface area contributed by atoms with Crippen LogP contribution in [0.2, 0.25) is 0 Å². The van der Waals surface area contributed by atoms with E-state index >= 15 is 0 Å². The molecule has 1 aliphatic rings. The molecule has 29 heavy (non-hydrogen) atoms. The predicted octanol–water partition coefficient (Wildman–Crippen LogP) is 5.26. The number of thiophene rings is 1. The van der Waals surface area contributed by atoms with Crippen molar-refractivity contribution in [3.63, 3.8) is 0 Å². The summed E-state index contributed by atoms with van der Waals surface area (Å²) in [6.45, 7) is 1.68. The summed E-state index contributed by atoms with van der Waals surface area (Å²) in [6, 6.07) is 22.8. The van der Waals surface area contributed by atoms with E-state index in [1.807, 2.05) is 54.6 Å². The van der Waals surface area contributed by atoms with Crippen LogP contribution in [0.5, 0.6) is 0 Å². The smallest absolute Gasteiger partial charge is 0.261 e. The summed E-state index contributed by atoms with van der Waals surface area (Å²) < 4.78 is 29.0. The minimum atomic E-state index is -3.69. The molecule has 0 aliphatic carbocycles. The van der Waals surface area contributed by atoms with Gasteiger partial charge < -0.3 is 4.90 Å². The van der Waals surface area contributed by atoms with E-state index in [1.165, 1.54) is 10.4 Å². The zero-order valence-corrected chi connectivity index (χ0v) is 17.3. The van der Waals surface area contributed by atoms with E-state index in [4.69, 9.17) is 0 Å². The largest absolute Gasteiger partial charge is 0.365 e. The number of nitrogens with zero attached hydrogens (tertiary/aromatic N) is 1. The normalized spacial score (nSPS) is 14.0. The lowest BCUT2D eigenvalue weighted by Crippen LogP contribution is -2.30. The molecule has 4 nitrogen and oxygen atoms in total. The molecule has 146 valence electrons. The number of rotatable bonds is 4. The zero-order valence-electron chi connectivity index (χ0n) is 15.7. The van der Waals surface area contributed by atoms with Crippen LogP contribution in [0.3, 0.4) is 0 Å². The van der Waals surface area contributed by atoms with Gasteiger partial charge in [0.15, 0.2) is 0 Å². The van der Waals surface area contributed by atoms with Crippen LogP contribution < -0.4 is 9.62 Å². The standard InChI is InChI=1S/C23H20N2O2S2/c26-29(27,20-10-9-17-5-1-2-6-18(17)15-20)24-21-7-3-4-8-22(21)25-13-11-23-19(16-25)12-14-28-23/h1-10,12,14-15,24H,11,13,16H2. The van der Waals surface area contributed by atoms with Gasteiger partial charge in [0, 0.05) is 18.0 Å². The minimum Gasteiger partial charge on any atom is -0.365 e. The Morgan fingerprint density at radius 2 is 1.69 bits per heavy atom. The minimum absolute atomic E-state index is 0.268. The maximum atomic E-state index is 13.1. The van der Waals surface area contributed by atoms with Crippen LogP contribution in [0.15, 0.2) is 83.1 Å². The van der Waals surface area contributed by atoms with Crippen molar-refractivity contribution in [2.45, 2.75) is 17.9 Å². The quantitative estimate of drug-likeness (QED) is 0.490. The summed E-state index contributed by atoms with van der Waals surface area (Å²) in [5.41, 5.74) is 2.85. The number of benzene rings is 3. The van der Waals surface area contributed by atoms with Gasteiger partial charge in [-0.1, -0.05) is 42.5 Å². The van der Waals surface area contributed by atoms with E-state index in [0.29, 0.717) is 5.69 Å². The van der Waals surface area contributed by atoms with E-state index in [2.05, 4.69) is 21.1 Å². The average molecular weight is 421 g/mol. The molecule has 0 amide bonds. The predicted molar refractivity (Wildman–Crippen MR) is 120 cm³/mol. The van der Waals surface area contributed by atoms with Crippen molar-refractivity contribution >= 4 is 43.5 Å². The van der Waals surface area contributed by atoms with Gasteiger partial charge in [-0.3, -0.25) is 4.72 Å². The first-order valence-electron chi connectivity index (χ1n) is 9.51. The fourth-order valence-corrected chi connectivity index (χ4v) is 5.83. The van der Waals surface area contributed by atoms with Gasteiger partial charge in [-0.25, -0.2) is 8.42 Å². The SMILES string of the molecule is O=S(=O)(Nc1ccccc1N1CCc2sccc2C1)c1ccc2ccccc2c1. The summed E-state index contributed by atoms with van der Waals surface area (Å²) in [5.74, 6) is 0. The first-order chi connectivity index (χ1) is 14.1. The molecule has 0 saturated carbocycles. The molecule has 0 saturated heterocycles. The number of fused-ring (bicyclic) bond motifs is 2. The number of para-hydroxylation sites is 2. The summed E-state index contributed by atoms with van der Waals surface area (Å²) in [7, 11) is -3.69. The highest BCUT2D eigenvalue weighted by Gasteiger charge is 2.22. The molecule has 4 aromatic rings. The van der Waals surface area contributed by atoms with E-state index in [9.17, 15) is 8.42 Å². The summed E-state index contributed by atoms with van der Waals surface area (Å²) in [4.78, 5) is 3.94. The molecule has 1 aromatic heterocycles. The topological polar surface area (TPSA) is 49.4 Å². The van der Waals surface area contributed by atoms with Crippen LogP contribution in [0.1, 0.15) is 10.4 Å². The Kier molecular flexibility index (Phi) is 4.53. The molecule has 6 heteroatoms. The monoisotopic (exact) mass is 420 g/mol. The zero-order chi connectivity index (χ0) is 19.8. The number of hydrogen-bond donors (Lipinski definition) is 1. The fraction of sp³-hybridized carbons (Fsp3) is 0.130. The number of sulfonamides is 1. The maximum Gasteiger partial charge on any atom is 0.261 e. The van der Waals surface area contributed by atoms with Crippen LogP contribution in [0, 0.1) is 0 Å². The van der Waals surface area contributed by atoms with Gasteiger partial charge >= 0.3 is 0 Å². The average Bonchev–Trinajstić information content (AvgIpc) is 3.21. The van der Waals surface area contributed by atoms with Crippen LogP contribution in [0.4, 0.5) is 11.4 Å². The maximum absolute atomic E-state index is 13.1. The van der Waals surface area contributed by atoms with Crippen LogP contribution in [0.25, 0.3) is 10.8 Å². The van der Waals surface area contributed by atoms with Gasteiger partial charge in [-0.05, 0) is 58.5 Å². The summed E-state index contributed by atoms with van der Waals surface area (Å²) in [6.07, 6.45) is 0.985. The molecule has 1 aliphatic heterocycles. The number of hydrogen-bond acceptors (Lipinski definition) is 4. The van der Waals surface area contributed by atoms with E-state index < -0.39 is 10.0 Å². The van der Waals surface area contributed by atoms with Crippen molar-refractivity contribution in [2.24, 2.45) is 0 Å². The Bertz CT molecular complexity index is 1290. The molecule has 0 unspecified atom stereocenters. The molecule has 1 N–H and O–H groups in total. The van der Waals surface area contributed by atoms with Gasteiger partial charge in [0.05, 0.1) is 16.3 Å². The third-order valence-electron chi connectivity index (χ3n) is 5.33. The number of anilines is 2. The van der Waals surface area contributed by atoms with Gasteiger partial charge in [-0.2, -0.15) is 0 Å². The second kappa shape index (κ2) is 7.21. The second-order valence-corrected chi connectivity index (χ2v) is 9.86. The third-order valence-corrected chi connectivity index (χ3v) is 7.71. The summed E-state index contributed by atoms with van der Waals surface area (Å²) in [5, 5.41) is 4.05. The highest BCUT2D eigenvalue weighted by Crippen LogP contribution is 2.33. The van der Waals surface area contributed by atoms with E-state index in [0.717, 1.165) is 36.0 Å². The Hall–Kier alpha value is -2.83. The van der Waals surface area contributed by atoms with Crippen molar-refractivity contribution in [3.8, 4) is 0 Å². The Morgan fingerprint density at radius 1 is 0.897 bits per heavy atom. The highest BCUT2D eigenvalue weighted by molar-refractivity contribution is 7.92. The Balaban J connectivity index is 1.47. The first kappa shape index (κ1) is 18.2. The molecular formula is C23H20N2O2S2. The summed E-state index contributed by atoms with van der Waals surface area (Å²) >= 11 is 1.80. The molecule has 2 heterocycles. The Morgan fingerprint density at radius 3 is 2.59 bits per heavy atom. The Labute approximate surface area is 174 Å². The lowest BCUT2D eigenvalue weighted by molar-refractivity contribution is 0.601. The van der Waals surface area contributed by atoms with Crippen molar-refractivity contribution in [2.75, 3.05) is 16.2 Å². The van der Waals surface area contributed by atoms with Gasteiger partial charge in [0.2, 0.25) is 0 Å². The second-order valence-electron chi connectivity index (χ2n) is 7.17. The molecule has 0 spiro atoms. The third kappa shape index (κ3) is 3.50. The lowest BCUT2D eigenvalue weighted by Gasteiger charge is -2.30. The fourth-order valence-electron chi connectivity index (χ4n) is 3.83. The van der Waals surface area contributed by atoms with Gasteiger partial charge in [0.25, 0.3) is 10.0 Å².